The number of aromatic nitrogens is 2. The molecular formula is C9H14N4OS2. The van der Waals surface area contributed by atoms with Gasteiger partial charge in [0.1, 0.15) is 0 Å². The van der Waals surface area contributed by atoms with Gasteiger partial charge in [0.05, 0.1) is 5.69 Å². The third-order valence-corrected chi connectivity index (χ3v) is 2.87. The van der Waals surface area contributed by atoms with E-state index in [4.69, 9.17) is 0 Å². The third-order valence-electron chi connectivity index (χ3n) is 1.69. The van der Waals surface area contributed by atoms with Gasteiger partial charge in [0.2, 0.25) is 0 Å². The minimum Gasteiger partial charge on any atom is -0.336 e. The Morgan fingerprint density at radius 1 is 1.69 bits per heavy atom. The number of nitrogens with zero attached hydrogens (tertiary/aromatic N) is 3. The van der Waals surface area contributed by atoms with Crippen LogP contribution in [0.15, 0.2) is 18.3 Å². The van der Waals surface area contributed by atoms with Crippen LogP contribution in [-0.2, 0) is 5.75 Å². The van der Waals surface area contributed by atoms with Gasteiger partial charge in [-0.15, -0.1) is 0 Å². The van der Waals surface area contributed by atoms with E-state index in [9.17, 15) is 4.79 Å². The van der Waals surface area contributed by atoms with Gasteiger partial charge in [-0.05, 0) is 12.1 Å². The highest BCUT2D eigenvalue weighted by Gasteiger charge is 2.02. The van der Waals surface area contributed by atoms with Crippen LogP contribution in [0.3, 0.4) is 0 Å². The summed E-state index contributed by atoms with van der Waals surface area (Å²) in [7, 11) is 1.59. The minimum atomic E-state index is -0.191. The molecule has 5 nitrogen and oxygen atoms in total. The smallest absolute Gasteiger partial charge is 0.326 e. The summed E-state index contributed by atoms with van der Waals surface area (Å²) in [6, 6.07) is 3.60. The van der Waals surface area contributed by atoms with Crippen LogP contribution in [0.25, 0.3) is 0 Å². The Labute approximate surface area is 105 Å². The van der Waals surface area contributed by atoms with E-state index in [2.05, 4.69) is 28.3 Å². The van der Waals surface area contributed by atoms with Crippen LogP contribution < -0.4 is 5.32 Å². The number of thiol groups is 1. The Morgan fingerprint density at radius 2 is 2.50 bits per heavy atom. The van der Waals surface area contributed by atoms with Gasteiger partial charge in [0, 0.05) is 31.3 Å². The van der Waals surface area contributed by atoms with Crippen molar-refractivity contribution in [1.82, 2.24) is 19.8 Å². The van der Waals surface area contributed by atoms with E-state index < -0.39 is 0 Å². The lowest BCUT2D eigenvalue weighted by Gasteiger charge is -2.09. The quantitative estimate of drug-likeness (QED) is 0.615. The molecule has 1 rings (SSSR count). The predicted molar refractivity (Wildman–Crippen MR) is 68.3 cm³/mol. The summed E-state index contributed by atoms with van der Waals surface area (Å²) in [4.78, 5) is 11.1. The maximum atomic E-state index is 11.1. The molecule has 0 saturated heterocycles. The van der Waals surface area contributed by atoms with Crippen molar-refractivity contribution < 1.29 is 4.79 Å². The lowest BCUT2D eigenvalue weighted by molar-refractivity contribution is 0.231. The predicted octanol–water partition coefficient (Wildman–Crippen LogP) is 1.20. The molecule has 1 aromatic rings. The van der Waals surface area contributed by atoms with E-state index in [1.54, 1.807) is 25.0 Å². The number of urea groups is 1. The Balaban J connectivity index is 2.07. The molecule has 0 aliphatic heterocycles. The summed E-state index contributed by atoms with van der Waals surface area (Å²) in [5.41, 5.74) is 0.949. The second kappa shape index (κ2) is 7.34. The third kappa shape index (κ3) is 5.22. The molecule has 0 saturated carbocycles. The van der Waals surface area contributed by atoms with Gasteiger partial charge < -0.3 is 5.32 Å². The summed E-state index contributed by atoms with van der Waals surface area (Å²) in [6.45, 7) is 0.620. The molecular weight excluding hydrogens is 244 g/mol. The molecule has 0 aromatic carbocycles. The van der Waals surface area contributed by atoms with Crippen LogP contribution in [0.4, 0.5) is 4.79 Å². The second-order valence-electron chi connectivity index (χ2n) is 3.02. The summed E-state index contributed by atoms with van der Waals surface area (Å²) in [5.74, 6) is 1.64. The first-order valence-corrected chi connectivity index (χ1v) is 6.30. The number of carbonyl (C=O) groups is 1. The van der Waals surface area contributed by atoms with E-state index in [0.717, 1.165) is 17.2 Å². The number of hydrogen-bond donors (Lipinski definition) is 2. The van der Waals surface area contributed by atoms with Crippen LogP contribution in [0, 0.1) is 0 Å². The molecule has 0 bridgehead atoms. The zero-order chi connectivity index (χ0) is 11.8. The van der Waals surface area contributed by atoms with Crippen LogP contribution in [0.5, 0.6) is 0 Å². The molecule has 0 atom stereocenters. The number of nitrogens with one attached hydrogen (secondary N) is 1. The molecule has 1 N–H and O–H groups in total. The van der Waals surface area contributed by atoms with Gasteiger partial charge in [-0.1, -0.05) is 12.8 Å². The monoisotopic (exact) mass is 258 g/mol. The maximum Gasteiger partial charge on any atom is 0.326 e. The normalized spacial score (nSPS) is 9.88. The van der Waals surface area contributed by atoms with E-state index >= 15 is 0 Å². The maximum absolute atomic E-state index is 11.1. The highest BCUT2D eigenvalue weighted by atomic mass is 32.2. The second-order valence-corrected chi connectivity index (χ2v) is 4.73. The van der Waals surface area contributed by atoms with Crippen LogP contribution in [0.1, 0.15) is 5.69 Å². The van der Waals surface area contributed by atoms with Crippen LogP contribution >= 0.6 is 24.6 Å². The Morgan fingerprint density at radius 3 is 3.12 bits per heavy atom. The Hall–Kier alpha value is -0.950. The first-order chi connectivity index (χ1) is 7.70. The summed E-state index contributed by atoms with van der Waals surface area (Å²) in [5, 5.41) is 10.5. The molecule has 0 aliphatic carbocycles. The fourth-order valence-corrected chi connectivity index (χ4v) is 1.76. The molecule has 7 heteroatoms. The van der Waals surface area contributed by atoms with E-state index in [1.165, 1.54) is 4.31 Å². The highest BCUT2D eigenvalue weighted by molar-refractivity contribution is 7.98. The highest BCUT2D eigenvalue weighted by Crippen LogP contribution is 2.07. The molecule has 0 aliphatic rings. The summed E-state index contributed by atoms with van der Waals surface area (Å²) < 4.78 is 1.22. The largest absolute Gasteiger partial charge is 0.336 e. The van der Waals surface area contributed by atoms with Crippen molar-refractivity contribution >= 4 is 30.6 Å². The molecule has 0 fully saturated rings. The van der Waals surface area contributed by atoms with Gasteiger partial charge in [-0.2, -0.15) is 22.0 Å². The van der Waals surface area contributed by atoms with E-state index in [1.807, 2.05) is 12.1 Å². The van der Waals surface area contributed by atoms with Crippen LogP contribution in [-0.4, -0.2) is 39.9 Å². The van der Waals surface area contributed by atoms with Gasteiger partial charge in [0.15, 0.2) is 0 Å². The molecule has 0 unspecified atom stereocenters. The zero-order valence-corrected chi connectivity index (χ0v) is 10.7. The molecule has 1 aromatic heterocycles. The van der Waals surface area contributed by atoms with Crippen molar-refractivity contribution in [3.05, 3.63) is 24.0 Å². The van der Waals surface area contributed by atoms with Gasteiger partial charge >= 0.3 is 6.03 Å². The topological polar surface area (TPSA) is 58.1 Å². The van der Waals surface area contributed by atoms with E-state index in [-0.39, 0.29) is 6.03 Å². The lowest BCUT2D eigenvalue weighted by Crippen LogP contribution is -2.32. The number of hydrogen-bond acceptors (Lipinski definition) is 5. The van der Waals surface area contributed by atoms with Crippen molar-refractivity contribution in [2.45, 2.75) is 5.75 Å². The van der Waals surface area contributed by atoms with Gasteiger partial charge in [0.25, 0.3) is 0 Å². The SMILES string of the molecule is CN(S)C(=O)NCCSCc1cccnn1. The summed E-state index contributed by atoms with van der Waals surface area (Å²) >= 11 is 5.57. The standard InChI is InChI=1S/C9H14N4OS2/c1-13(15)9(14)10-5-6-16-7-8-3-2-4-11-12-8/h2-4,15H,5-7H2,1H3,(H,10,14). The van der Waals surface area contributed by atoms with Gasteiger partial charge in [-0.25, -0.2) is 4.79 Å². The van der Waals surface area contributed by atoms with Crippen molar-refractivity contribution in [3.63, 3.8) is 0 Å². The molecule has 0 radical (unpaired) electrons. The minimum absolute atomic E-state index is 0.191. The molecule has 1 heterocycles. The molecule has 16 heavy (non-hydrogen) atoms. The summed E-state index contributed by atoms with van der Waals surface area (Å²) in [6.07, 6.45) is 1.65. The van der Waals surface area contributed by atoms with Crippen molar-refractivity contribution in [3.8, 4) is 0 Å². The van der Waals surface area contributed by atoms with Gasteiger partial charge in [-0.3, -0.25) is 4.31 Å². The molecule has 0 spiro atoms. The number of thioether (sulfide) groups is 1. The fraction of sp³-hybridized carbons (Fsp3) is 0.444. The first-order valence-electron chi connectivity index (χ1n) is 4.75. The number of amides is 2. The molecule has 88 valence electrons. The number of carbonyl (C=O) groups excluding carboxylic acids is 1. The Bertz CT molecular complexity index is 321. The van der Waals surface area contributed by atoms with Crippen molar-refractivity contribution in [2.75, 3.05) is 19.3 Å². The number of rotatable bonds is 5. The van der Waals surface area contributed by atoms with Crippen molar-refractivity contribution in [2.24, 2.45) is 0 Å². The fourth-order valence-electron chi connectivity index (χ4n) is 0.932. The average Bonchev–Trinajstić information content (AvgIpc) is 2.29. The molecule has 2 amide bonds. The lowest BCUT2D eigenvalue weighted by atomic mass is 10.4. The first kappa shape index (κ1) is 13.1. The van der Waals surface area contributed by atoms with Crippen LogP contribution in [0.2, 0.25) is 0 Å². The average molecular weight is 258 g/mol. The zero-order valence-electron chi connectivity index (χ0n) is 8.96. The Kier molecular flexibility index (Phi) is 6.02. The van der Waals surface area contributed by atoms with Crippen molar-refractivity contribution in [1.29, 1.82) is 0 Å². The van der Waals surface area contributed by atoms with E-state index in [0.29, 0.717) is 6.54 Å².